The number of benzene rings is 1. The SMILES string of the molecule is CC(C)CCCCCCn1c(S[C@H](C)C(=O)NC(N)=O)nc2ccccc2c1=O. The molecule has 1 heterocycles. The van der Waals surface area contributed by atoms with Gasteiger partial charge in [-0.3, -0.25) is 19.5 Å². The third-order valence-corrected chi connectivity index (χ3v) is 5.73. The van der Waals surface area contributed by atoms with Gasteiger partial charge < -0.3 is 5.73 Å². The first-order valence-corrected chi connectivity index (χ1v) is 10.9. The molecule has 2 aromatic rings. The summed E-state index contributed by atoms with van der Waals surface area (Å²) in [5.74, 6) is 0.198. The van der Waals surface area contributed by atoms with Crippen molar-refractivity contribution in [1.82, 2.24) is 14.9 Å². The quantitative estimate of drug-likeness (QED) is 0.348. The fraction of sp³-hybridized carbons (Fsp3) is 0.524. The predicted octanol–water partition coefficient (Wildman–Crippen LogP) is 3.68. The smallest absolute Gasteiger partial charge is 0.318 e. The Morgan fingerprint density at radius 2 is 1.83 bits per heavy atom. The fourth-order valence-corrected chi connectivity index (χ4v) is 3.98. The molecule has 3 N–H and O–H groups in total. The van der Waals surface area contributed by atoms with Gasteiger partial charge in [-0.05, 0) is 31.4 Å². The number of imide groups is 1. The van der Waals surface area contributed by atoms with E-state index in [9.17, 15) is 14.4 Å². The summed E-state index contributed by atoms with van der Waals surface area (Å²) in [6, 6.07) is 6.29. The van der Waals surface area contributed by atoms with E-state index in [2.05, 4.69) is 24.1 Å². The number of thioether (sulfide) groups is 1. The highest BCUT2D eigenvalue weighted by Crippen LogP contribution is 2.23. The second kappa shape index (κ2) is 11.0. The van der Waals surface area contributed by atoms with E-state index in [0.717, 1.165) is 31.0 Å². The topological polar surface area (TPSA) is 107 Å². The van der Waals surface area contributed by atoms with E-state index in [1.807, 2.05) is 12.1 Å². The number of aromatic nitrogens is 2. The molecule has 1 aromatic heterocycles. The van der Waals surface area contributed by atoms with Gasteiger partial charge in [0.15, 0.2) is 5.16 Å². The minimum absolute atomic E-state index is 0.109. The van der Waals surface area contributed by atoms with Crippen molar-refractivity contribution in [2.24, 2.45) is 11.7 Å². The minimum atomic E-state index is -0.896. The van der Waals surface area contributed by atoms with Gasteiger partial charge in [-0.15, -0.1) is 0 Å². The first-order chi connectivity index (χ1) is 13.8. The molecule has 0 aliphatic carbocycles. The van der Waals surface area contributed by atoms with E-state index >= 15 is 0 Å². The summed E-state index contributed by atoms with van der Waals surface area (Å²) >= 11 is 1.15. The Hall–Kier alpha value is -2.35. The number of carbonyl (C=O) groups excluding carboxylic acids is 2. The van der Waals surface area contributed by atoms with E-state index in [0.29, 0.717) is 28.5 Å². The number of unbranched alkanes of at least 4 members (excludes halogenated alkanes) is 3. The molecule has 0 radical (unpaired) electrons. The van der Waals surface area contributed by atoms with Crippen LogP contribution in [-0.4, -0.2) is 26.7 Å². The van der Waals surface area contributed by atoms with Crippen LogP contribution in [0.25, 0.3) is 10.9 Å². The maximum absolute atomic E-state index is 13.0. The van der Waals surface area contributed by atoms with Crippen LogP contribution in [0.5, 0.6) is 0 Å². The van der Waals surface area contributed by atoms with E-state index < -0.39 is 17.2 Å². The first kappa shape index (κ1) is 22.9. The normalized spacial score (nSPS) is 12.3. The summed E-state index contributed by atoms with van der Waals surface area (Å²) in [7, 11) is 0. The summed E-state index contributed by atoms with van der Waals surface area (Å²) < 4.78 is 1.64. The van der Waals surface area contributed by atoms with E-state index in [-0.39, 0.29) is 5.56 Å². The highest BCUT2D eigenvalue weighted by molar-refractivity contribution is 8.00. The molecule has 2 rings (SSSR count). The molecule has 0 aliphatic heterocycles. The lowest BCUT2D eigenvalue weighted by Crippen LogP contribution is -2.39. The second-order valence-electron chi connectivity index (χ2n) is 7.58. The molecule has 0 unspecified atom stereocenters. The van der Waals surface area contributed by atoms with Crippen LogP contribution in [0.15, 0.2) is 34.2 Å². The maximum Gasteiger partial charge on any atom is 0.318 e. The zero-order valence-corrected chi connectivity index (χ0v) is 18.1. The first-order valence-electron chi connectivity index (χ1n) is 10.1. The number of hydrogen-bond acceptors (Lipinski definition) is 5. The van der Waals surface area contributed by atoms with Crippen molar-refractivity contribution in [2.75, 3.05) is 0 Å². The molecule has 0 saturated carbocycles. The van der Waals surface area contributed by atoms with Gasteiger partial charge in [0.2, 0.25) is 5.91 Å². The highest BCUT2D eigenvalue weighted by Gasteiger charge is 2.20. The fourth-order valence-electron chi connectivity index (χ4n) is 3.05. The molecule has 0 spiro atoms. The summed E-state index contributed by atoms with van der Waals surface area (Å²) in [5.41, 5.74) is 5.51. The minimum Gasteiger partial charge on any atom is -0.351 e. The monoisotopic (exact) mass is 418 g/mol. The van der Waals surface area contributed by atoms with Crippen molar-refractivity contribution in [1.29, 1.82) is 0 Å². The van der Waals surface area contributed by atoms with Gasteiger partial charge in [0.25, 0.3) is 5.56 Å². The molecule has 158 valence electrons. The van der Waals surface area contributed by atoms with Crippen molar-refractivity contribution < 1.29 is 9.59 Å². The summed E-state index contributed by atoms with van der Waals surface area (Å²) in [6.45, 7) is 6.64. The van der Waals surface area contributed by atoms with Crippen LogP contribution in [0.1, 0.15) is 52.9 Å². The van der Waals surface area contributed by atoms with Gasteiger partial charge >= 0.3 is 6.03 Å². The summed E-state index contributed by atoms with van der Waals surface area (Å²) in [6.07, 6.45) is 5.44. The van der Waals surface area contributed by atoms with Gasteiger partial charge in [-0.1, -0.05) is 63.4 Å². The molecular weight excluding hydrogens is 388 g/mol. The predicted molar refractivity (Wildman–Crippen MR) is 117 cm³/mol. The van der Waals surface area contributed by atoms with Crippen LogP contribution < -0.4 is 16.6 Å². The van der Waals surface area contributed by atoms with Gasteiger partial charge in [0.05, 0.1) is 16.2 Å². The molecule has 0 saturated heterocycles. The van der Waals surface area contributed by atoms with Gasteiger partial charge in [0, 0.05) is 6.54 Å². The van der Waals surface area contributed by atoms with Crippen molar-refractivity contribution >= 4 is 34.6 Å². The average molecular weight is 419 g/mol. The van der Waals surface area contributed by atoms with Crippen molar-refractivity contribution in [2.45, 2.75) is 69.8 Å². The Kier molecular flexibility index (Phi) is 8.70. The summed E-state index contributed by atoms with van der Waals surface area (Å²) in [5, 5.41) is 2.49. The van der Waals surface area contributed by atoms with Crippen molar-refractivity contribution in [3.63, 3.8) is 0 Å². The lowest BCUT2D eigenvalue weighted by atomic mass is 10.0. The lowest BCUT2D eigenvalue weighted by molar-refractivity contribution is -0.119. The molecule has 1 atom stereocenters. The lowest BCUT2D eigenvalue weighted by Gasteiger charge is -2.16. The van der Waals surface area contributed by atoms with Crippen LogP contribution in [0.4, 0.5) is 4.79 Å². The molecular formula is C21H30N4O3S. The molecule has 7 nitrogen and oxygen atoms in total. The zero-order chi connectivity index (χ0) is 21.4. The van der Waals surface area contributed by atoms with Crippen LogP contribution in [0, 0.1) is 5.92 Å². The number of amides is 3. The third kappa shape index (κ3) is 6.88. The van der Waals surface area contributed by atoms with E-state index in [4.69, 9.17) is 5.73 Å². The van der Waals surface area contributed by atoms with Gasteiger partial charge in [-0.2, -0.15) is 0 Å². The Balaban J connectivity index is 2.18. The molecule has 29 heavy (non-hydrogen) atoms. The number of nitrogens with two attached hydrogens (primary N) is 1. The van der Waals surface area contributed by atoms with E-state index in [1.165, 1.54) is 12.8 Å². The van der Waals surface area contributed by atoms with Crippen LogP contribution in [0.3, 0.4) is 0 Å². The third-order valence-electron chi connectivity index (χ3n) is 4.64. The number of para-hydroxylation sites is 1. The molecule has 8 heteroatoms. The molecule has 3 amide bonds. The Bertz CT molecular complexity index is 910. The molecule has 0 fully saturated rings. The number of carbonyl (C=O) groups is 2. The highest BCUT2D eigenvalue weighted by atomic mass is 32.2. The van der Waals surface area contributed by atoms with Crippen molar-refractivity contribution in [3.8, 4) is 0 Å². The van der Waals surface area contributed by atoms with Crippen LogP contribution >= 0.6 is 11.8 Å². The number of nitrogens with zero attached hydrogens (tertiary/aromatic N) is 2. The number of rotatable bonds is 10. The number of hydrogen-bond donors (Lipinski definition) is 2. The molecule has 0 aliphatic rings. The largest absolute Gasteiger partial charge is 0.351 e. The van der Waals surface area contributed by atoms with E-state index in [1.54, 1.807) is 23.6 Å². The molecule has 0 bridgehead atoms. The van der Waals surface area contributed by atoms with Crippen LogP contribution in [-0.2, 0) is 11.3 Å². The standard InChI is InChI=1S/C21H30N4O3S/c1-14(2)10-6-4-5-9-13-25-19(27)16-11-7-8-12-17(16)23-21(25)29-15(3)18(26)24-20(22)28/h7-8,11-12,14-15H,4-6,9-10,13H2,1-3H3,(H3,22,24,26,28)/t15-/m1/s1. The van der Waals surface area contributed by atoms with Crippen LogP contribution in [0.2, 0.25) is 0 Å². The number of urea groups is 1. The molecule has 1 aromatic carbocycles. The average Bonchev–Trinajstić information content (AvgIpc) is 2.65. The van der Waals surface area contributed by atoms with Crippen molar-refractivity contribution in [3.05, 3.63) is 34.6 Å². The maximum atomic E-state index is 13.0. The van der Waals surface area contributed by atoms with Gasteiger partial charge in [0.1, 0.15) is 0 Å². The number of fused-ring (bicyclic) bond motifs is 1. The Morgan fingerprint density at radius 1 is 1.14 bits per heavy atom. The Morgan fingerprint density at radius 3 is 2.52 bits per heavy atom. The second-order valence-corrected chi connectivity index (χ2v) is 8.89. The summed E-state index contributed by atoms with van der Waals surface area (Å²) in [4.78, 5) is 40.6. The number of nitrogens with one attached hydrogen (secondary N) is 1. The van der Waals surface area contributed by atoms with Gasteiger partial charge in [-0.25, -0.2) is 9.78 Å². The Labute approximate surface area is 175 Å². The zero-order valence-electron chi connectivity index (χ0n) is 17.3. The number of primary amides is 1.